The minimum atomic E-state index is -1.11. The van der Waals surface area contributed by atoms with Crippen molar-refractivity contribution in [2.75, 3.05) is 7.05 Å². The first-order chi connectivity index (χ1) is 6.59. The molecule has 1 heterocycles. The molecule has 0 atom stereocenters. The number of nitrogens with zero attached hydrogens (tertiary/aromatic N) is 2. The summed E-state index contributed by atoms with van der Waals surface area (Å²) >= 11 is 1.44. The van der Waals surface area contributed by atoms with Gasteiger partial charge in [0.05, 0.1) is 17.7 Å². The summed E-state index contributed by atoms with van der Waals surface area (Å²) in [6.07, 6.45) is -0.472. The quantitative estimate of drug-likeness (QED) is 0.744. The van der Waals surface area contributed by atoms with E-state index < -0.39 is 18.3 Å². The molecule has 6 heteroatoms. The smallest absolute Gasteiger partial charge is 0.312 e. The lowest BCUT2D eigenvalue weighted by molar-refractivity contribution is -0.143. The van der Waals surface area contributed by atoms with Crippen LogP contribution in [0.25, 0.3) is 0 Å². The maximum absolute atomic E-state index is 11.2. The van der Waals surface area contributed by atoms with Crippen molar-refractivity contribution in [1.82, 2.24) is 9.88 Å². The molecule has 0 aliphatic rings. The van der Waals surface area contributed by atoms with Crippen LogP contribution in [0.4, 0.5) is 0 Å². The van der Waals surface area contributed by atoms with E-state index in [0.29, 0.717) is 6.54 Å². The molecule has 0 fully saturated rings. The molecule has 1 N–H and O–H groups in total. The average molecular weight is 214 g/mol. The van der Waals surface area contributed by atoms with Gasteiger partial charge in [-0.3, -0.25) is 9.59 Å². The summed E-state index contributed by atoms with van der Waals surface area (Å²) < 4.78 is 0. The zero-order chi connectivity index (χ0) is 10.6. The molecule has 1 rings (SSSR count). The van der Waals surface area contributed by atoms with Crippen molar-refractivity contribution in [2.24, 2.45) is 0 Å². The molecule has 76 valence electrons. The van der Waals surface area contributed by atoms with Gasteiger partial charge in [0.25, 0.3) is 0 Å². The van der Waals surface area contributed by atoms with E-state index in [4.69, 9.17) is 5.11 Å². The van der Waals surface area contributed by atoms with Gasteiger partial charge in [0.15, 0.2) is 0 Å². The topological polar surface area (TPSA) is 70.5 Å². The van der Waals surface area contributed by atoms with E-state index in [1.54, 1.807) is 12.6 Å². The largest absolute Gasteiger partial charge is 0.481 e. The molecule has 0 spiro atoms. The Labute approximate surface area is 85.0 Å². The first-order valence-electron chi connectivity index (χ1n) is 3.92. The van der Waals surface area contributed by atoms with E-state index in [2.05, 4.69) is 4.98 Å². The highest BCUT2D eigenvalue weighted by Gasteiger charge is 2.13. The van der Waals surface area contributed by atoms with E-state index in [1.807, 2.05) is 5.38 Å². The molecule has 0 unspecified atom stereocenters. The highest BCUT2D eigenvalue weighted by Crippen LogP contribution is 2.04. The Morgan fingerprint density at radius 2 is 2.36 bits per heavy atom. The van der Waals surface area contributed by atoms with Gasteiger partial charge in [0.1, 0.15) is 6.42 Å². The SMILES string of the molecule is CN(Cc1cscn1)C(=O)CC(=O)O. The molecule has 1 amide bonds. The summed E-state index contributed by atoms with van der Waals surface area (Å²) in [7, 11) is 1.56. The molecule has 0 bridgehead atoms. The number of aliphatic carboxylic acids is 1. The van der Waals surface area contributed by atoms with Crippen LogP contribution >= 0.6 is 11.3 Å². The first-order valence-corrected chi connectivity index (χ1v) is 4.86. The predicted octanol–water partition coefficient (Wildman–Crippen LogP) is 0.576. The Morgan fingerprint density at radius 1 is 1.64 bits per heavy atom. The monoisotopic (exact) mass is 214 g/mol. The van der Waals surface area contributed by atoms with Crippen LogP contribution in [0.3, 0.4) is 0 Å². The molecule has 0 aliphatic heterocycles. The number of carboxylic acids is 1. The molecule has 0 saturated carbocycles. The molecule has 0 radical (unpaired) electrons. The maximum atomic E-state index is 11.2. The van der Waals surface area contributed by atoms with E-state index in [-0.39, 0.29) is 0 Å². The zero-order valence-corrected chi connectivity index (χ0v) is 8.45. The van der Waals surface area contributed by atoms with Gasteiger partial charge in [-0.15, -0.1) is 11.3 Å². The minimum absolute atomic E-state index is 0.357. The number of hydrogen-bond acceptors (Lipinski definition) is 4. The fourth-order valence-corrected chi connectivity index (χ4v) is 1.46. The summed E-state index contributed by atoms with van der Waals surface area (Å²) in [6, 6.07) is 0. The summed E-state index contributed by atoms with van der Waals surface area (Å²) in [5, 5.41) is 10.2. The standard InChI is InChI=1S/C8H10N2O3S/c1-10(7(11)2-8(12)13)3-6-4-14-5-9-6/h4-5H,2-3H2,1H3,(H,12,13). The fraction of sp³-hybridized carbons (Fsp3) is 0.375. The molecule has 1 aromatic rings. The number of carboxylic acid groups (broad SMARTS) is 1. The zero-order valence-electron chi connectivity index (χ0n) is 7.64. The Bertz CT molecular complexity index is 323. The van der Waals surface area contributed by atoms with Crippen LogP contribution < -0.4 is 0 Å². The second-order valence-electron chi connectivity index (χ2n) is 2.80. The number of hydrogen-bond donors (Lipinski definition) is 1. The molecule has 0 saturated heterocycles. The Morgan fingerprint density at radius 3 is 2.86 bits per heavy atom. The van der Waals surface area contributed by atoms with Crippen molar-refractivity contribution in [3.05, 3.63) is 16.6 Å². The molecule has 0 aliphatic carbocycles. The van der Waals surface area contributed by atoms with Gasteiger partial charge in [0, 0.05) is 12.4 Å². The lowest BCUT2D eigenvalue weighted by atomic mass is 10.3. The molecule has 5 nitrogen and oxygen atoms in total. The Hall–Kier alpha value is -1.43. The number of carbonyl (C=O) groups is 2. The summed E-state index contributed by atoms with van der Waals surface area (Å²) in [4.78, 5) is 26.8. The summed E-state index contributed by atoms with van der Waals surface area (Å²) in [5.74, 6) is -1.52. The molecule has 1 aromatic heterocycles. The number of rotatable bonds is 4. The van der Waals surface area contributed by atoms with Crippen molar-refractivity contribution in [3.63, 3.8) is 0 Å². The van der Waals surface area contributed by atoms with Gasteiger partial charge in [-0.05, 0) is 0 Å². The lowest BCUT2D eigenvalue weighted by Gasteiger charge is -2.14. The molecule has 14 heavy (non-hydrogen) atoms. The predicted molar refractivity (Wildman–Crippen MR) is 50.8 cm³/mol. The van der Waals surface area contributed by atoms with Gasteiger partial charge in [-0.2, -0.15) is 0 Å². The first kappa shape index (κ1) is 10.6. The maximum Gasteiger partial charge on any atom is 0.312 e. The van der Waals surface area contributed by atoms with Gasteiger partial charge < -0.3 is 10.0 Å². The van der Waals surface area contributed by atoms with Crippen molar-refractivity contribution < 1.29 is 14.7 Å². The molecular formula is C8H10N2O3S. The van der Waals surface area contributed by atoms with Crippen molar-refractivity contribution >= 4 is 23.2 Å². The van der Waals surface area contributed by atoms with E-state index in [0.717, 1.165) is 5.69 Å². The van der Waals surface area contributed by atoms with Gasteiger partial charge >= 0.3 is 5.97 Å². The third-order valence-electron chi connectivity index (χ3n) is 1.61. The highest BCUT2D eigenvalue weighted by atomic mass is 32.1. The highest BCUT2D eigenvalue weighted by molar-refractivity contribution is 7.07. The van der Waals surface area contributed by atoms with Crippen LogP contribution in [0.2, 0.25) is 0 Å². The summed E-state index contributed by atoms with van der Waals surface area (Å²) in [6.45, 7) is 0.357. The van der Waals surface area contributed by atoms with E-state index >= 15 is 0 Å². The van der Waals surface area contributed by atoms with Crippen LogP contribution in [0.1, 0.15) is 12.1 Å². The van der Waals surface area contributed by atoms with Crippen molar-refractivity contribution in [3.8, 4) is 0 Å². The number of carbonyl (C=O) groups excluding carboxylic acids is 1. The van der Waals surface area contributed by atoms with E-state index in [1.165, 1.54) is 16.2 Å². The van der Waals surface area contributed by atoms with Crippen molar-refractivity contribution in [2.45, 2.75) is 13.0 Å². The van der Waals surface area contributed by atoms with Gasteiger partial charge in [-0.25, -0.2) is 4.98 Å². The summed E-state index contributed by atoms with van der Waals surface area (Å²) in [5.41, 5.74) is 2.45. The van der Waals surface area contributed by atoms with Crippen LogP contribution in [-0.2, 0) is 16.1 Å². The second kappa shape index (κ2) is 4.71. The lowest BCUT2D eigenvalue weighted by Crippen LogP contribution is -2.28. The number of aromatic nitrogens is 1. The number of thiazole rings is 1. The molecule has 0 aromatic carbocycles. The second-order valence-corrected chi connectivity index (χ2v) is 3.52. The average Bonchev–Trinajstić information content (AvgIpc) is 2.55. The Kier molecular flexibility index (Phi) is 3.58. The van der Waals surface area contributed by atoms with E-state index in [9.17, 15) is 9.59 Å². The Balaban J connectivity index is 2.46. The minimum Gasteiger partial charge on any atom is -0.481 e. The fourth-order valence-electron chi connectivity index (χ4n) is 0.911. The van der Waals surface area contributed by atoms with Crippen LogP contribution in [0.5, 0.6) is 0 Å². The third-order valence-corrected chi connectivity index (χ3v) is 2.25. The van der Waals surface area contributed by atoms with Crippen LogP contribution in [0, 0.1) is 0 Å². The van der Waals surface area contributed by atoms with Crippen LogP contribution in [-0.4, -0.2) is 33.9 Å². The van der Waals surface area contributed by atoms with Gasteiger partial charge in [-0.1, -0.05) is 0 Å². The van der Waals surface area contributed by atoms with Crippen LogP contribution in [0.15, 0.2) is 10.9 Å². The number of amides is 1. The van der Waals surface area contributed by atoms with Gasteiger partial charge in [0.2, 0.25) is 5.91 Å². The van der Waals surface area contributed by atoms with Crippen molar-refractivity contribution in [1.29, 1.82) is 0 Å². The normalized spacial score (nSPS) is 9.79. The third kappa shape index (κ3) is 3.14. The molecular weight excluding hydrogens is 204 g/mol.